The van der Waals surface area contributed by atoms with Gasteiger partial charge in [0.1, 0.15) is 18.5 Å². The van der Waals surface area contributed by atoms with E-state index in [1.54, 1.807) is 0 Å². The van der Waals surface area contributed by atoms with Crippen LogP contribution in [-0.4, -0.2) is 30.4 Å². The highest BCUT2D eigenvalue weighted by Gasteiger charge is 2.39. The second-order valence-electron chi connectivity index (χ2n) is 7.13. The van der Waals surface area contributed by atoms with Crippen LogP contribution in [0.15, 0.2) is 42.5 Å². The molecule has 0 aliphatic heterocycles. The van der Waals surface area contributed by atoms with Crippen molar-refractivity contribution in [2.24, 2.45) is 11.8 Å². The van der Waals surface area contributed by atoms with Gasteiger partial charge in [0.25, 0.3) is 0 Å². The van der Waals surface area contributed by atoms with Crippen LogP contribution in [0.2, 0.25) is 0 Å². The maximum atomic E-state index is 10.2. The summed E-state index contributed by atoms with van der Waals surface area (Å²) >= 11 is 0. The maximum absolute atomic E-state index is 10.2. The first-order valence-corrected chi connectivity index (χ1v) is 8.81. The number of hydrogen-bond donors (Lipinski definition) is 2. The lowest BCUT2D eigenvalue weighted by molar-refractivity contribution is 0.102. The Bertz CT molecular complexity index is 666. The lowest BCUT2D eigenvalue weighted by Gasteiger charge is -2.24. The predicted molar refractivity (Wildman–Crippen MR) is 92.7 cm³/mol. The minimum absolute atomic E-state index is 0.335. The molecule has 2 fully saturated rings. The fraction of sp³-hybridized carbons (Fsp3) is 0.500. The van der Waals surface area contributed by atoms with Crippen LogP contribution in [0.4, 0.5) is 0 Å². The Morgan fingerprint density at radius 1 is 1.09 bits per heavy atom. The predicted octanol–water partition coefficient (Wildman–Crippen LogP) is 3.36. The van der Waals surface area contributed by atoms with E-state index in [1.807, 2.05) is 24.3 Å². The Kier molecular flexibility index (Phi) is 4.23. The molecule has 3 heteroatoms. The van der Waals surface area contributed by atoms with Crippen molar-refractivity contribution >= 4 is 10.8 Å². The zero-order chi connectivity index (χ0) is 15.6. The SMILES string of the molecule is OC(CNC1CC2CCC1C2)COc1cccc2ccccc12. The smallest absolute Gasteiger partial charge is 0.127 e. The number of hydrogen-bond acceptors (Lipinski definition) is 3. The van der Waals surface area contributed by atoms with E-state index < -0.39 is 6.10 Å². The van der Waals surface area contributed by atoms with Crippen molar-refractivity contribution < 1.29 is 9.84 Å². The molecule has 4 unspecified atom stereocenters. The summed E-state index contributed by atoms with van der Waals surface area (Å²) < 4.78 is 5.87. The summed E-state index contributed by atoms with van der Waals surface area (Å²) in [5.74, 6) is 2.62. The van der Waals surface area contributed by atoms with Crippen LogP contribution in [0.1, 0.15) is 25.7 Å². The Morgan fingerprint density at radius 2 is 1.96 bits per heavy atom. The Balaban J connectivity index is 1.30. The van der Waals surface area contributed by atoms with Crippen molar-refractivity contribution in [1.29, 1.82) is 0 Å². The van der Waals surface area contributed by atoms with Gasteiger partial charge in [-0.3, -0.25) is 0 Å². The van der Waals surface area contributed by atoms with Gasteiger partial charge in [0, 0.05) is 18.0 Å². The van der Waals surface area contributed by atoms with Crippen LogP contribution in [0.3, 0.4) is 0 Å². The number of rotatable bonds is 6. The van der Waals surface area contributed by atoms with Crippen LogP contribution in [0.25, 0.3) is 10.8 Å². The second-order valence-corrected chi connectivity index (χ2v) is 7.13. The fourth-order valence-electron chi connectivity index (χ4n) is 4.35. The lowest BCUT2D eigenvalue weighted by Crippen LogP contribution is -2.40. The van der Waals surface area contributed by atoms with Crippen LogP contribution in [0, 0.1) is 11.8 Å². The largest absolute Gasteiger partial charge is 0.490 e. The van der Waals surface area contributed by atoms with Gasteiger partial charge in [-0.05, 0) is 42.6 Å². The Morgan fingerprint density at radius 3 is 2.78 bits per heavy atom. The first-order chi connectivity index (χ1) is 11.3. The molecule has 4 atom stereocenters. The van der Waals surface area contributed by atoms with Crippen LogP contribution in [0.5, 0.6) is 5.75 Å². The summed E-state index contributed by atoms with van der Waals surface area (Å²) in [5, 5.41) is 16.0. The summed E-state index contributed by atoms with van der Waals surface area (Å²) in [7, 11) is 0. The standard InChI is InChI=1S/C20H25NO2/c22-17(12-21-19-11-14-8-9-16(19)10-14)13-23-20-7-3-5-15-4-1-2-6-18(15)20/h1-7,14,16-17,19,21-22H,8-13H2. The van der Waals surface area contributed by atoms with Gasteiger partial charge in [-0.15, -0.1) is 0 Å². The molecular formula is C20H25NO2. The fourth-order valence-corrected chi connectivity index (χ4v) is 4.35. The highest BCUT2D eigenvalue weighted by atomic mass is 16.5. The zero-order valence-electron chi connectivity index (χ0n) is 13.4. The molecule has 3 nitrogen and oxygen atoms in total. The topological polar surface area (TPSA) is 41.5 Å². The normalized spacial score (nSPS) is 27.4. The number of benzene rings is 2. The Hall–Kier alpha value is -1.58. The summed E-state index contributed by atoms with van der Waals surface area (Å²) in [4.78, 5) is 0. The molecular weight excluding hydrogens is 286 g/mol. The summed E-state index contributed by atoms with van der Waals surface area (Å²) in [6.45, 7) is 0.959. The van der Waals surface area contributed by atoms with Crippen molar-refractivity contribution in [3.05, 3.63) is 42.5 Å². The number of aliphatic hydroxyl groups excluding tert-OH is 1. The Labute approximate surface area is 137 Å². The zero-order valence-corrected chi connectivity index (χ0v) is 13.4. The maximum Gasteiger partial charge on any atom is 0.127 e. The molecule has 0 spiro atoms. The molecule has 0 heterocycles. The number of ether oxygens (including phenoxy) is 1. The molecule has 2 aliphatic rings. The summed E-state index contributed by atoms with van der Waals surface area (Å²) in [6.07, 6.45) is 5.00. The third-order valence-corrected chi connectivity index (χ3v) is 5.53. The lowest BCUT2D eigenvalue weighted by atomic mass is 9.95. The highest BCUT2D eigenvalue weighted by molar-refractivity contribution is 5.88. The van der Waals surface area contributed by atoms with E-state index in [4.69, 9.17) is 4.74 Å². The van der Waals surface area contributed by atoms with Gasteiger partial charge in [-0.25, -0.2) is 0 Å². The van der Waals surface area contributed by atoms with Crippen molar-refractivity contribution in [3.8, 4) is 5.75 Å². The average molecular weight is 311 g/mol. The third-order valence-electron chi connectivity index (χ3n) is 5.53. The number of fused-ring (bicyclic) bond motifs is 3. The van der Waals surface area contributed by atoms with Gasteiger partial charge in [0.2, 0.25) is 0 Å². The van der Waals surface area contributed by atoms with E-state index in [9.17, 15) is 5.11 Å². The molecule has 4 rings (SSSR count). The van der Waals surface area contributed by atoms with E-state index in [0.717, 1.165) is 23.0 Å². The molecule has 23 heavy (non-hydrogen) atoms. The summed E-state index contributed by atoms with van der Waals surface area (Å²) in [6, 6.07) is 14.8. The second kappa shape index (κ2) is 6.50. The minimum atomic E-state index is -0.465. The van der Waals surface area contributed by atoms with E-state index in [-0.39, 0.29) is 0 Å². The van der Waals surface area contributed by atoms with Crippen molar-refractivity contribution in [2.75, 3.05) is 13.2 Å². The third kappa shape index (κ3) is 3.22. The number of nitrogens with one attached hydrogen (secondary N) is 1. The van der Waals surface area contributed by atoms with E-state index in [2.05, 4.69) is 23.5 Å². The van der Waals surface area contributed by atoms with E-state index in [1.165, 1.54) is 31.1 Å². The van der Waals surface area contributed by atoms with Gasteiger partial charge in [0.15, 0.2) is 0 Å². The van der Waals surface area contributed by atoms with Gasteiger partial charge in [-0.1, -0.05) is 42.8 Å². The van der Waals surface area contributed by atoms with Crippen molar-refractivity contribution in [1.82, 2.24) is 5.32 Å². The van der Waals surface area contributed by atoms with Crippen molar-refractivity contribution in [3.63, 3.8) is 0 Å². The van der Waals surface area contributed by atoms with Crippen molar-refractivity contribution in [2.45, 2.75) is 37.8 Å². The molecule has 2 saturated carbocycles. The van der Waals surface area contributed by atoms with Gasteiger partial charge in [-0.2, -0.15) is 0 Å². The molecule has 0 saturated heterocycles. The van der Waals surface area contributed by atoms with Crippen LogP contribution in [-0.2, 0) is 0 Å². The average Bonchev–Trinajstić information content (AvgIpc) is 3.21. The molecule has 2 aliphatic carbocycles. The van der Waals surface area contributed by atoms with E-state index >= 15 is 0 Å². The number of aliphatic hydroxyl groups is 1. The first kappa shape index (κ1) is 15.0. The molecule has 2 N–H and O–H groups in total. The highest BCUT2D eigenvalue weighted by Crippen LogP contribution is 2.44. The quantitative estimate of drug-likeness (QED) is 0.859. The van der Waals surface area contributed by atoms with Gasteiger partial charge in [0.05, 0.1) is 0 Å². The summed E-state index contributed by atoms with van der Waals surface area (Å²) in [5.41, 5.74) is 0. The minimum Gasteiger partial charge on any atom is -0.490 e. The van der Waals surface area contributed by atoms with Gasteiger partial charge >= 0.3 is 0 Å². The molecule has 2 aromatic carbocycles. The van der Waals surface area contributed by atoms with Crippen LogP contribution < -0.4 is 10.1 Å². The monoisotopic (exact) mass is 311 g/mol. The first-order valence-electron chi connectivity index (χ1n) is 8.81. The molecule has 0 aromatic heterocycles. The molecule has 122 valence electrons. The van der Waals surface area contributed by atoms with E-state index in [0.29, 0.717) is 19.2 Å². The molecule has 2 aromatic rings. The molecule has 2 bridgehead atoms. The van der Waals surface area contributed by atoms with Crippen LogP contribution >= 0.6 is 0 Å². The molecule has 0 amide bonds. The molecule has 0 radical (unpaired) electrons. The van der Waals surface area contributed by atoms with Gasteiger partial charge < -0.3 is 15.2 Å².